The van der Waals surface area contributed by atoms with Crippen LogP contribution >= 0.6 is 0 Å². The summed E-state index contributed by atoms with van der Waals surface area (Å²) in [5.74, 6) is -0.268. The molecule has 0 aromatic heterocycles. The van der Waals surface area contributed by atoms with Crippen molar-refractivity contribution in [3.05, 3.63) is 0 Å². The normalized spacial score (nSPS) is 26.0. The SMILES string of the molecule is CNC1COCC1C(=O)NC(C)(C)C(C)(C)O. The van der Waals surface area contributed by atoms with Crippen molar-refractivity contribution < 1.29 is 14.6 Å². The standard InChI is InChI=1S/C12H24N2O3/c1-11(2,12(3,4)16)14-10(15)8-6-17-7-9(8)13-5/h8-9,13,16H,6-7H2,1-5H3,(H,14,15). The summed E-state index contributed by atoms with van der Waals surface area (Å²) in [5, 5.41) is 16.0. The van der Waals surface area contributed by atoms with Crippen LogP contribution < -0.4 is 10.6 Å². The molecular formula is C12H24N2O3. The van der Waals surface area contributed by atoms with E-state index in [-0.39, 0.29) is 17.9 Å². The van der Waals surface area contributed by atoms with Crippen LogP contribution in [0.25, 0.3) is 0 Å². The summed E-state index contributed by atoms with van der Waals surface area (Å²) in [7, 11) is 1.82. The molecule has 1 saturated heterocycles. The Labute approximate surface area is 103 Å². The molecule has 0 spiro atoms. The van der Waals surface area contributed by atoms with Crippen molar-refractivity contribution in [3.8, 4) is 0 Å². The van der Waals surface area contributed by atoms with E-state index >= 15 is 0 Å². The van der Waals surface area contributed by atoms with E-state index in [0.29, 0.717) is 13.2 Å². The van der Waals surface area contributed by atoms with E-state index in [1.807, 2.05) is 20.9 Å². The third-order valence-electron chi connectivity index (χ3n) is 3.75. The van der Waals surface area contributed by atoms with E-state index in [2.05, 4.69) is 10.6 Å². The van der Waals surface area contributed by atoms with Crippen LogP contribution in [0.3, 0.4) is 0 Å². The highest BCUT2D eigenvalue weighted by molar-refractivity contribution is 5.80. The Hall–Kier alpha value is -0.650. The molecule has 0 aromatic carbocycles. The highest BCUT2D eigenvalue weighted by Gasteiger charge is 2.40. The highest BCUT2D eigenvalue weighted by Crippen LogP contribution is 2.22. The lowest BCUT2D eigenvalue weighted by Crippen LogP contribution is -2.60. The van der Waals surface area contributed by atoms with Gasteiger partial charge in [0.15, 0.2) is 0 Å². The van der Waals surface area contributed by atoms with Crippen LogP contribution in [0.1, 0.15) is 27.7 Å². The average molecular weight is 244 g/mol. The fourth-order valence-electron chi connectivity index (χ4n) is 1.65. The van der Waals surface area contributed by atoms with Gasteiger partial charge in [0, 0.05) is 6.04 Å². The molecule has 5 nitrogen and oxygen atoms in total. The number of likely N-dealkylation sites (N-methyl/N-ethyl adjacent to an activating group) is 1. The van der Waals surface area contributed by atoms with Crippen molar-refractivity contribution in [1.29, 1.82) is 0 Å². The molecule has 5 heteroatoms. The smallest absolute Gasteiger partial charge is 0.227 e. The summed E-state index contributed by atoms with van der Waals surface area (Å²) >= 11 is 0. The minimum Gasteiger partial charge on any atom is -0.388 e. The summed E-state index contributed by atoms with van der Waals surface area (Å²) in [6.07, 6.45) is 0. The van der Waals surface area contributed by atoms with Gasteiger partial charge in [-0.2, -0.15) is 0 Å². The monoisotopic (exact) mass is 244 g/mol. The zero-order chi connectivity index (χ0) is 13.3. The molecule has 1 rings (SSSR count). The minimum atomic E-state index is -0.975. The number of aliphatic hydroxyl groups is 1. The topological polar surface area (TPSA) is 70.6 Å². The quantitative estimate of drug-likeness (QED) is 0.645. The Morgan fingerprint density at radius 3 is 2.35 bits per heavy atom. The molecule has 1 fully saturated rings. The van der Waals surface area contributed by atoms with Crippen molar-refractivity contribution in [1.82, 2.24) is 10.6 Å². The number of hydrogen-bond acceptors (Lipinski definition) is 4. The van der Waals surface area contributed by atoms with Crippen molar-refractivity contribution in [2.75, 3.05) is 20.3 Å². The Morgan fingerprint density at radius 2 is 1.88 bits per heavy atom. The zero-order valence-electron chi connectivity index (χ0n) is 11.3. The van der Waals surface area contributed by atoms with Gasteiger partial charge in [-0.1, -0.05) is 0 Å². The first kappa shape index (κ1) is 14.4. The molecule has 1 heterocycles. The first-order valence-electron chi connectivity index (χ1n) is 5.98. The van der Waals surface area contributed by atoms with Gasteiger partial charge in [0.25, 0.3) is 0 Å². The first-order valence-corrected chi connectivity index (χ1v) is 5.98. The number of ether oxygens (including phenoxy) is 1. The number of nitrogens with one attached hydrogen (secondary N) is 2. The molecule has 0 bridgehead atoms. The molecule has 0 saturated carbocycles. The molecule has 2 atom stereocenters. The molecule has 2 unspecified atom stereocenters. The average Bonchev–Trinajstić information content (AvgIpc) is 2.62. The van der Waals surface area contributed by atoms with Crippen molar-refractivity contribution in [2.24, 2.45) is 5.92 Å². The number of rotatable bonds is 4. The van der Waals surface area contributed by atoms with Crippen molar-refractivity contribution in [3.63, 3.8) is 0 Å². The predicted octanol–water partition coefficient (Wildman–Crippen LogP) is -0.113. The van der Waals surface area contributed by atoms with E-state index in [9.17, 15) is 9.90 Å². The molecular weight excluding hydrogens is 220 g/mol. The number of carbonyl (C=O) groups is 1. The number of carbonyl (C=O) groups excluding carboxylic acids is 1. The maximum atomic E-state index is 12.1. The summed E-state index contributed by atoms with van der Waals surface area (Å²) in [5.41, 5.74) is -1.65. The van der Waals surface area contributed by atoms with Crippen LogP contribution in [0.5, 0.6) is 0 Å². The molecule has 100 valence electrons. The van der Waals surface area contributed by atoms with Gasteiger partial charge in [0.2, 0.25) is 5.91 Å². The lowest BCUT2D eigenvalue weighted by Gasteiger charge is -2.39. The van der Waals surface area contributed by atoms with Crippen LogP contribution in [0.4, 0.5) is 0 Å². The van der Waals surface area contributed by atoms with Crippen molar-refractivity contribution >= 4 is 5.91 Å². The van der Waals surface area contributed by atoms with Gasteiger partial charge in [0.05, 0.1) is 30.3 Å². The van der Waals surface area contributed by atoms with E-state index in [4.69, 9.17) is 4.74 Å². The summed E-state index contributed by atoms with van der Waals surface area (Å²) < 4.78 is 5.30. The Bertz CT molecular complexity index is 284. The first-order chi connectivity index (χ1) is 7.69. The van der Waals surface area contributed by atoms with Crippen LogP contribution in [-0.4, -0.2) is 48.5 Å². The van der Waals surface area contributed by atoms with E-state index in [0.717, 1.165) is 0 Å². The third-order valence-corrected chi connectivity index (χ3v) is 3.75. The molecule has 0 aromatic rings. The summed E-state index contributed by atoms with van der Waals surface area (Å²) in [4.78, 5) is 12.1. The van der Waals surface area contributed by atoms with Gasteiger partial charge in [-0.15, -0.1) is 0 Å². The van der Waals surface area contributed by atoms with Gasteiger partial charge >= 0.3 is 0 Å². The Kier molecular flexibility index (Phi) is 4.17. The van der Waals surface area contributed by atoms with Crippen LogP contribution in [-0.2, 0) is 9.53 Å². The lowest BCUT2D eigenvalue weighted by atomic mass is 9.85. The summed E-state index contributed by atoms with van der Waals surface area (Å²) in [6.45, 7) is 7.99. The van der Waals surface area contributed by atoms with Gasteiger partial charge < -0.3 is 20.5 Å². The van der Waals surface area contributed by atoms with Crippen LogP contribution in [0, 0.1) is 5.92 Å². The second-order valence-electron chi connectivity index (χ2n) is 5.71. The van der Waals surface area contributed by atoms with Gasteiger partial charge in [-0.3, -0.25) is 4.79 Å². The fourth-order valence-corrected chi connectivity index (χ4v) is 1.65. The Morgan fingerprint density at radius 1 is 1.29 bits per heavy atom. The Balaban J connectivity index is 2.66. The van der Waals surface area contributed by atoms with Gasteiger partial charge in [-0.05, 0) is 34.7 Å². The molecule has 1 amide bonds. The van der Waals surface area contributed by atoms with Crippen LogP contribution in [0.15, 0.2) is 0 Å². The molecule has 1 aliphatic rings. The molecule has 17 heavy (non-hydrogen) atoms. The largest absolute Gasteiger partial charge is 0.388 e. The lowest BCUT2D eigenvalue weighted by molar-refractivity contribution is -0.130. The predicted molar refractivity (Wildman–Crippen MR) is 65.7 cm³/mol. The third kappa shape index (κ3) is 3.18. The van der Waals surface area contributed by atoms with Gasteiger partial charge in [-0.25, -0.2) is 0 Å². The molecule has 0 aliphatic carbocycles. The second-order valence-corrected chi connectivity index (χ2v) is 5.71. The summed E-state index contributed by atoms with van der Waals surface area (Å²) in [6, 6.07) is 0.0487. The zero-order valence-corrected chi connectivity index (χ0v) is 11.3. The van der Waals surface area contributed by atoms with E-state index < -0.39 is 11.1 Å². The minimum absolute atomic E-state index is 0.0487. The number of amides is 1. The fraction of sp³-hybridized carbons (Fsp3) is 0.917. The molecule has 0 radical (unpaired) electrons. The molecule has 3 N–H and O–H groups in total. The van der Waals surface area contributed by atoms with Crippen molar-refractivity contribution in [2.45, 2.75) is 44.9 Å². The second kappa shape index (κ2) is 4.92. The molecule has 1 aliphatic heterocycles. The highest BCUT2D eigenvalue weighted by atomic mass is 16.5. The van der Waals surface area contributed by atoms with E-state index in [1.54, 1.807) is 13.8 Å². The van der Waals surface area contributed by atoms with E-state index in [1.165, 1.54) is 0 Å². The maximum absolute atomic E-state index is 12.1. The maximum Gasteiger partial charge on any atom is 0.227 e. The van der Waals surface area contributed by atoms with Crippen LogP contribution in [0.2, 0.25) is 0 Å². The van der Waals surface area contributed by atoms with Gasteiger partial charge in [0.1, 0.15) is 0 Å². The number of hydrogen-bond donors (Lipinski definition) is 3.